The van der Waals surface area contributed by atoms with Crippen LogP contribution in [-0.2, 0) is 17.6 Å². The van der Waals surface area contributed by atoms with Crippen molar-refractivity contribution in [3.63, 3.8) is 0 Å². The molecule has 136 valence electrons. The molecule has 0 aliphatic rings. The number of nitrogens with zero attached hydrogens (tertiary/aromatic N) is 3. The molecule has 0 unspecified atom stereocenters. The molecule has 0 aliphatic carbocycles. The van der Waals surface area contributed by atoms with Crippen molar-refractivity contribution in [1.29, 1.82) is 0 Å². The highest BCUT2D eigenvalue weighted by Gasteiger charge is 2.13. The summed E-state index contributed by atoms with van der Waals surface area (Å²) in [5.41, 5.74) is 1.60. The number of carbonyl (C=O) groups excluding carboxylic acids is 1. The third kappa shape index (κ3) is 5.09. The Morgan fingerprint density at radius 3 is 2.88 bits per heavy atom. The van der Waals surface area contributed by atoms with E-state index < -0.39 is 0 Å². The zero-order valence-electron chi connectivity index (χ0n) is 14.4. The van der Waals surface area contributed by atoms with Gasteiger partial charge in [-0.2, -0.15) is 0 Å². The highest BCUT2D eigenvalue weighted by atomic mass is 35.5. The van der Waals surface area contributed by atoms with Gasteiger partial charge in [0.05, 0.1) is 17.1 Å². The van der Waals surface area contributed by atoms with Crippen LogP contribution in [0.2, 0.25) is 5.02 Å². The van der Waals surface area contributed by atoms with Crippen molar-refractivity contribution in [3.8, 4) is 10.6 Å². The Labute approximate surface area is 165 Å². The molecule has 26 heavy (non-hydrogen) atoms. The smallest absolute Gasteiger partial charge is 0.232 e. The van der Waals surface area contributed by atoms with Crippen LogP contribution in [0.4, 0.5) is 5.13 Å². The molecular formula is C18H19ClN4OS2. The topological polar surface area (TPSA) is 67.8 Å². The Morgan fingerprint density at radius 2 is 2.08 bits per heavy atom. The van der Waals surface area contributed by atoms with Gasteiger partial charge in [-0.05, 0) is 12.5 Å². The van der Waals surface area contributed by atoms with Gasteiger partial charge in [0.15, 0.2) is 0 Å². The lowest BCUT2D eigenvalue weighted by Gasteiger charge is -1.99. The van der Waals surface area contributed by atoms with E-state index in [1.807, 2.05) is 29.6 Å². The molecule has 0 saturated carbocycles. The minimum absolute atomic E-state index is 0.141. The summed E-state index contributed by atoms with van der Waals surface area (Å²) in [5, 5.41) is 15.8. The van der Waals surface area contributed by atoms with Crippen molar-refractivity contribution in [2.75, 3.05) is 5.32 Å². The molecule has 5 nitrogen and oxygen atoms in total. The van der Waals surface area contributed by atoms with Crippen LogP contribution >= 0.6 is 34.3 Å². The Balaban J connectivity index is 1.56. The first kappa shape index (κ1) is 18.9. The monoisotopic (exact) mass is 406 g/mol. The summed E-state index contributed by atoms with van der Waals surface area (Å²) >= 11 is 9.12. The van der Waals surface area contributed by atoms with Gasteiger partial charge in [0.2, 0.25) is 11.0 Å². The summed E-state index contributed by atoms with van der Waals surface area (Å²) in [7, 11) is 0. The van der Waals surface area contributed by atoms with Crippen molar-refractivity contribution < 1.29 is 4.79 Å². The number of aryl methyl sites for hydroxylation is 1. The van der Waals surface area contributed by atoms with Crippen LogP contribution in [0.5, 0.6) is 0 Å². The van der Waals surface area contributed by atoms with Crippen molar-refractivity contribution in [1.82, 2.24) is 15.2 Å². The predicted molar refractivity (Wildman–Crippen MR) is 108 cm³/mol. The van der Waals surface area contributed by atoms with E-state index in [1.54, 1.807) is 0 Å². The van der Waals surface area contributed by atoms with Crippen LogP contribution in [-0.4, -0.2) is 21.1 Å². The van der Waals surface area contributed by atoms with Crippen molar-refractivity contribution in [2.24, 2.45) is 0 Å². The molecule has 1 N–H and O–H groups in total. The van der Waals surface area contributed by atoms with Crippen LogP contribution < -0.4 is 5.32 Å². The number of hydrogen-bond acceptors (Lipinski definition) is 6. The lowest BCUT2D eigenvalue weighted by Crippen LogP contribution is -2.14. The number of nitrogens with one attached hydrogen (secondary N) is 1. The lowest BCUT2D eigenvalue weighted by atomic mass is 10.2. The Morgan fingerprint density at radius 1 is 1.23 bits per heavy atom. The molecule has 1 aromatic carbocycles. The van der Waals surface area contributed by atoms with E-state index in [4.69, 9.17) is 11.6 Å². The third-order valence-electron chi connectivity index (χ3n) is 3.71. The number of thiazole rings is 1. The number of aromatic nitrogens is 3. The van der Waals surface area contributed by atoms with E-state index in [1.165, 1.54) is 35.5 Å². The molecule has 2 aromatic heterocycles. The maximum atomic E-state index is 12.2. The SMILES string of the molecule is CCCCCc1nnc(NC(=O)Cc2csc(-c3ccccc3Cl)n2)s1. The summed E-state index contributed by atoms with van der Waals surface area (Å²) in [4.78, 5) is 16.7. The molecule has 0 saturated heterocycles. The zero-order chi connectivity index (χ0) is 18.4. The van der Waals surface area contributed by atoms with E-state index in [0.29, 0.717) is 10.2 Å². The Bertz CT molecular complexity index is 877. The molecule has 1 amide bonds. The third-order valence-corrected chi connectivity index (χ3v) is 5.86. The number of anilines is 1. The number of unbranched alkanes of at least 4 members (excludes halogenated alkanes) is 2. The number of halogens is 1. The molecule has 0 fully saturated rings. The number of amides is 1. The Hall–Kier alpha value is -1.83. The predicted octanol–water partition coefficient (Wildman–Crippen LogP) is 5.23. The summed E-state index contributed by atoms with van der Waals surface area (Å²) in [6.45, 7) is 2.17. The van der Waals surface area contributed by atoms with Crippen LogP contribution in [0.1, 0.15) is 36.9 Å². The van der Waals surface area contributed by atoms with E-state index in [2.05, 4.69) is 27.4 Å². The van der Waals surface area contributed by atoms with Gasteiger partial charge in [-0.1, -0.05) is 60.9 Å². The fourth-order valence-electron chi connectivity index (χ4n) is 2.41. The molecular weight excluding hydrogens is 388 g/mol. The summed E-state index contributed by atoms with van der Waals surface area (Å²) in [6, 6.07) is 7.56. The molecule has 2 heterocycles. The number of benzene rings is 1. The first-order chi connectivity index (χ1) is 12.7. The lowest BCUT2D eigenvalue weighted by molar-refractivity contribution is -0.115. The quantitative estimate of drug-likeness (QED) is 0.520. The average Bonchev–Trinajstić information content (AvgIpc) is 3.25. The summed E-state index contributed by atoms with van der Waals surface area (Å²) in [5.74, 6) is -0.141. The van der Waals surface area contributed by atoms with Gasteiger partial charge in [0, 0.05) is 17.4 Å². The number of hydrogen-bond donors (Lipinski definition) is 1. The number of carbonyl (C=O) groups is 1. The maximum Gasteiger partial charge on any atom is 0.232 e. The van der Waals surface area contributed by atoms with Crippen molar-refractivity contribution >= 4 is 45.3 Å². The van der Waals surface area contributed by atoms with Crippen LogP contribution in [0.3, 0.4) is 0 Å². The fourth-order valence-corrected chi connectivity index (χ4v) is 4.34. The van der Waals surface area contributed by atoms with Crippen molar-refractivity contribution in [3.05, 3.63) is 45.4 Å². The second-order valence-electron chi connectivity index (χ2n) is 5.81. The van der Waals surface area contributed by atoms with Gasteiger partial charge in [0.1, 0.15) is 10.0 Å². The molecule has 0 bridgehead atoms. The largest absolute Gasteiger partial charge is 0.300 e. The second-order valence-corrected chi connectivity index (χ2v) is 8.13. The molecule has 8 heteroatoms. The van der Waals surface area contributed by atoms with E-state index in [0.717, 1.165) is 34.1 Å². The van der Waals surface area contributed by atoms with E-state index in [9.17, 15) is 4.79 Å². The fraction of sp³-hybridized carbons (Fsp3) is 0.333. The van der Waals surface area contributed by atoms with Gasteiger partial charge in [-0.15, -0.1) is 21.5 Å². The molecule has 3 aromatic rings. The first-order valence-electron chi connectivity index (χ1n) is 8.47. The summed E-state index contributed by atoms with van der Waals surface area (Å²) < 4.78 is 0. The van der Waals surface area contributed by atoms with E-state index >= 15 is 0 Å². The van der Waals surface area contributed by atoms with Gasteiger partial charge >= 0.3 is 0 Å². The highest BCUT2D eigenvalue weighted by Crippen LogP contribution is 2.30. The van der Waals surface area contributed by atoms with Gasteiger partial charge < -0.3 is 5.32 Å². The standard InChI is InChI=1S/C18H19ClN4OS2/c1-2-3-4-9-16-22-23-18(26-16)21-15(24)10-12-11-25-17(20-12)13-7-5-6-8-14(13)19/h5-8,11H,2-4,9-10H2,1H3,(H,21,23,24). The van der Waals surface area contributed by atoms with Crippen LogP contribution in [0.25, 0.3) is 10.6 Å². The normalized spacial score (nSPS) is 10.8. The zero-order valence-corrected chi connectivity index (χ0v) is 16.8. The minimum Gasteiger partial charge on any atom is -0.300 e. The molecule has 3 rings (SSSR count). The van der Waals surface area contributed by atoms with E-state index in [-0.39, 0.29) is 12.3 Å². The van der Waals surface area contributed by atoms with Gasteiger partial charge in [-0.3, -0.25) is 4.79 Å². The van der Waals surface area contributed by atoms with Gasteiger partial charge in [0.25, 0.3) is 0 Å². The second kappa shape index (κ2) is 9.21. The van der Waals surface area contributed by atoms with Crippen molar-refractivity contribution in [2.45, 2.75) is 39.0 Å². The molecule has 0 spiro atoms. The first-order valence-corrected chi connectivity index (χ1v) is 10.5. The minimum atomic E-state index is -0.141. The molecule has 0 radical (unpaired) electrons. The maximum absolute atomic E-state index is 12.2. The average molecular weight is 407 g/mol. The number of rotatable bonds is 8. The van der Waals surface area contributed by atoms with Crippen LogP contribution in [0.15, 0.2) is 29.6 Å². The summed E-state index contributed by atoms with van der Waals surface area (Å²) in [6.07, 6.45) is 4.56. The molecule has 0 aliphatic heterocycles. The molecule has 0 atom stereocenters. The van der Waals surface area contributed by atoms with Gasteiger partial charge in [-0.25, -0.2) is 4.98 Å². The van der Waals surface area contributed by atoms with Crippen LogP contribution in [0, 0.1) is 0 Å². The highest BCUT2D eigenvalue weighted by molar-refractivity contribution is 7.15. The Kier molecular flexibility index (Phi) is 6.71.